The van der Waals surface area contributed by atoms with Crippen LogP contribution in [0.4, 0.5) is 5.69 Å². The third-order valence-corrected chi connectivity index (χ3v) is 7.97. The van der Waals surface area contributed by atoms with E-state index < -0.39 is 35.6 Å². The van der Waals surface area contributed by atoms with Crippen molar-refractivity contribution in [3.05, 3.63) is 54.6 Å². The van der Waals surface area contributed by atoms with Crippen molar-refractivity contribution >= 4 is 23.5 Å². The Bertz CT molecular complexity index is 1050. The maximum Gasteiger partial charge on any atom is 0.312 e. The first kappa shape index (κ1) is 27.1. The summed E-state index contributed by atoms with van der Waals surface area (Å²) in [5, 5.41) is 9.35. The van der Waals surface area contributed by atoms with Gasteiger partial charge in [-0.3, -0.25) is 14.4 Å². The van der Waals surface area contributed by atoms with Gasteiger partial charge in [-0.05, 0) is 57.1 Å². The predicted molar refractivity (Wildman–Crippen MR) is 140 cm³/mol. The fraction of sp³-hybridized carbons (Fsp3) is 0.552. The lowest BCUT2D eigenvalue weighted by Crippen LogP contribution is -2.56. The van der Waals surface area contributed by atoms with Gasteiger partial charge in [0.2, 0.25) is 5.91 Å². The van der Waals surface area contributed by atoms with E-state index in [-0.39, 0.29) is 31.6 Å². The number of nitrogens with zero attached hydrogens (tertiary/aromatic N) is 2. The van der Waals surface area contributed by atoms with Crippen molar-refractivity contribution in [2.45, 2.75) is 63.7 Å². The lowest BCUT2D eigenvalue weighted by atomic mass is 9.70. The number of hydrogen-bond donors (Lipinski definition) is 1. The Kier molecular flexibility index (Phi) is 8.19. The SMILES string of the molecule is C=CCCOC(=O)[C@@H]1[C@@H]2CCC3(O2)C(C(=O)N(CC=C)c2c(C)cccc2C)N(CCCCO)C(=O)[C@H]13. The second kappa shape index (κ2) is 11.2. The van der Waals surface area contributed by atoms with Gasteiger partial charge < -0.3 is 24.4 Å². The van der Waals surface area contributed by atoms with Crippen LogP contribution < -0.4 is 4.90 Å². The van der Waals surface area contributed by atoms with Crippen LogP contribution in [0.5, 0.6) is 0 Å². The molecule has 1 aromatic carbocycles. The summed E-state index contributed by atoms with van der Waals surface area (Å²) in [5.41, 5.74) is 1.60. The molecule has 5 atom stereocenters. The number of likely N-dealkylation sites (tertiary alicyclic amines) is 1. The molecule has 3 fully saturated rings. The zero-order valence-electron chi connectivity index (χ0n) is 21.9. The Morgan fingerprint density at radius 1 is 1.24 bits per heavy atom. The lowest BCUT2D eigenvalue weighted by Gasteiger charge is -2.37. The van der Waals surface area contributed by atoms with Gasteiger partial charge >= 0.3 is 5.97 Å². The van der Waals surface area contributed by atoms with Crippen molar-refractivity contribution in [3.8, 4) is 0 Å². The van der Waals surface area contributed by atoms with E-state index >= 15 is 0 Å². The van der Waals surface area contributed by atoms with Crippen LogP contribution in [-0.4, -0.2) is 71.8 Å². The van der Waals surface area contributed by atoms with Crippen LogP contribution in [0.2, 0.25) is 0 Å². The molecule has 1 spiro atoms. The predicted octanol–water partition coefficient (Wildman–Crippen LogP) is 3.09. The molecule has 0 radical (unpaired) electrons. The molecule has 4 rings (SSSR count). The first-order chi connectivity index (χ1) is 17.8. The maximum absolute atomic E-state index is 14.5. The molecule has 1 N–H and O–H groups in total. The van der Waals surface area contributed by atoms with Crippen molar-refractivity contribution in [2.75, 3.05) is 31.2 Å². The smallest absolute Gasteiger partial charge is 0.312 e. The van der Waals surface area contributed by atoms with Gasteiger partial charge in [-0.15, -0.1) is 13.2 Å². The van der Waals surface area contributed by atoms with Crippen LogP contribution in [0.15, 0.2) is 43.5 Å². The van der Waals surface area contributed by atoms with Gasteiger partial charge in [-0.1, -0.05) is 30.4 Å². The molecule has 3 heterocycles. The van der Waals surface area contributed by atoms with Crippen molar-refractivity contribution in [3.63, 3.8) is 0 Å². The second-order valence-electron chi connectivity index (χ2n) is 10.2. The highest BCUT2D eigenvalue weighted by Gasteiger charge is 2.75. The van der Waals surface area contributed by atoms with E-state index in [0.717, 1.165) is 16.8 Å². The van der Waals surface area contributed by atoms with Crippen LogP contribution in [-0.2, 0) is 23.9 Å². The number of ether oxygens (including phenoxy) is 2. The molecule has 0 aromatic heterocycles. The molecule has 3 saturated heterocycles. The zero-order chi connectivity index (χ0) is 26.7. The molecule has 8 heteroatoms. The molecule has 3 aliphatic heterocycles. The molecular formula is C29H38N2O6. The summed E-state index contributed by atoms with van der Waals surface area (Å²) in [7, 11) is 0. The average Bonchev–Trinajstić information content (AvgIpc) is 3.51. The largest absolute Gasteiger partial charge is 0.465 e. The number of carbonyl (C=O) groups excluding carboxylic acids is 3. The quantitative estimate of drug-likeness (QED) is 0.264. The number of esters is 1. The number of aliphatic hydroxyl groups is 1. The van der Waals surface area contributed by atoms with E-state index in [0.29, 0.717) is 38.6 Å². The summed E-state index contributed by atoms with van der Waals surface area (Å²) >= 11 is 0. The van der Waals surface area contributed by atoms with Gasteiger partial charge in [-0.25, -0.2) is 0 Å². The number of anilines is 1. The van der Waals surface area contributed by atoms with Crippen molar-refractivity contribution in [2.24, 2.45) is 11.8 Å². The number of carbonyl (C=O) groups is 3. The summed E-state index contributed by atoms with van der Waals surface area (Å²) in [6.45, 7) is 12.2. The summed E-state index contributed by atoms with van der Waals surface area (Å²) in [6.07, 6.45) is 5.58. The maximum atomic E-state index is 14.5. The Labute approximate surface area is 218 Å². The van der Waals surface area contributed by atoms with Gasteiger partial charge in [0.1, 0.15) is 11.6 Å². The van der Waals surface area contributed by atoms with Crippen LogP contribution in [0, 0.1) is 25.7 Å². The second-order valence-corrected chi connectivity index (χ2v) is 10.2. The number of hydrogen-bond acceptors (Lipinski definition) is 6. The van der Waals surface area contributed by atoms with Crippen LogP contribution in [0.1, 0.15) is 43.2 Å². The number of benzene rings is 1. The van der Waals surface area contributed by atoms with E-state index in [2.05, 4.69) is 13.2 Å². The zero-order valence-corrected chi connectivity index (χ0v) is 21.9. The first-order valence-electron chi connectivity index (χ1n) is 13.2. The topological polar surface area (TPSA) is 96.4 Å². The Morgan fingerprint density at radius 2 is 1.97 bits per heavy atom. The number of fused-ring (bicyclic) bond motifs is 1. The molecule has 0 aliphatic carbocycles. The molecule has 37 heavy (non-hydrogen) atoms. The van der Waals surface area contributed by atoms with Crippen LogP contribution in [0.25, 0.3) is 0 Å². The van der Waals surface area contributed by atoms with Gasteiger partial charge in [0.05, 0.1) is 24.5 Å². The number of amides is 2. The Hall–Kier alpha value is -2.97. The summed E-state index contributed by atoms with van der Waals surface area (Å²) in [6, 6.07) is 4.99. The standard InChI is InChI=1S/C29H38N2O6/c1-5-7-18-36-28(35)22-21-13-14-29(37-21)23(22)26(33)31(16-8-9-17-32)25(29)27(34)30(15-6-2)24-19(3)11-10-12-20(24)4/h5-6,10-12,21-23,25,32H,1-2,7-9,13-18H2,3-4H3/t21-,22+,23-,25?,29?/m0/s1. The summed E-state index contributed by atoms with van der Waals surface area (Å²) < 4.78 is 12.0. The third kappa shape index (κ3) is 4.61. The molecule has 200 valence electrons. The lowest BCUT2D eigenvalue weighted by molar-refractivity contribution is -0.155. The fourth-order valence-electron chi connectivity index (χ4n) is 6.47. The molecule has 2 unspecified atom stereocenters. The van der Waals surface area contributed by atoms with Crippen LogP contribution in [0.3, 0.4) is 0 Å². The van der Waals surface area contributed by atoms with Crippen molar-refractivity contribution in [1.29, 1.82) is 0 Å². The van der Waals surface area contributed by atoms with E-state index in [1.54, 1.807) is 22.0 Å². The van der Waals surface area contributed by atoms with Gasteiger partial charge in [0.25, 0.3) is 5.91 Å². The first-order valence-corrected chi connectivity index (χ1v) is 13.2. The summed E-state index contributed by atoms with van der Waals surface area (Å²) in [5.74, 6) is -2.44. The van der Waals surface area contributed by atoms with E-state index in [1.807, 2.05) is 32.0 Å². The van der Waals surface area contributed by atoms with Gasteiger partial charge in [0, 0.05) is 25.4 Å². The fourth-order valence-corrected chi connectivity index (χ4v) is 6.47. The molecule has 8 nitrogen and oxygen atoms in total. The number of aliphatic hydroxyl groups excluding tert-OH is 1. The minimum Gasteiger partial charge on any atom is -0.465 e. The number of unbranched alkanes of at least 4 members (excludes halogenated alkanes) is 1. The number of aryl methyl sites for hydroxylation is 2. The van der Waals surface area contributed by atoms with Gasteiger partial charge in [-0.2, -0.15) is 0 Å². The molecule has 2 amide bonds. The monoisotopic (exact) mass is 510 g/mol. The molecule has 3 aliphatic rings. The van der Waals surface area contributed by atoms with E-state index in [9.17, 15) is 19.5 Å². The minimum atomic E-state index is -1.09. The normalized spacial score (nSPS) is 27.8. The highest BCUT2D eigenvalue weighted by molar-refractivity contribution is 6.05. The minimum absolute atomic E-state index is 0.00294. The van der Waals surface area contributed by atoms with Crippen molar-refractivity contribution < 1.29 is 29.0 Å². The molecular weight excluding hydrogens is 472 g/mol. The Balaban J connectivity index is 1.74. The van der Waals surface area contributed by atoms with E-state index in [4.69, 9.17) is 9.47 Å². The molecule has 1 aromatic rings. The average molecular weight is 511 g/mol. The van der Waals surface area contributed by atoms with Gasteiger partial charge in [0.15, 0.2) is 0 Å². The molecule has 0 saturated carbocycles. The highest BCUT2D eigenvalue weighted by atomic mass is 16.6. The highest BCUT2D eigenvalue weighted by Crippen LogP contribution is 2.59. The third-order valence-electron chi connectivity index (χ3n) is 7.97. The summed E-state index contributed by atoms with van der Waals surface area (Å²) in [4.78, 5) is 44.8. The van der Waals surface area contributed by atoms with Crippen molar-refractivity contribution in [1.82, 2.24) is 4.90 Å². The number of para-hydroxylation sites is 1. The van der Waals surface area contributed by atoms with Crippen LogP contribution >= 0.6 is 0 Å². The van der Waals surface area contributed by atoms with E-state index in [1.165, 1.54) is 0 Å². The number of rotatable bonds is 12. The molecule has 2 bridgehead atoms. The Morgan fingerprint density at radius 3 is 2.62 bits per heavy atom.